The van der Waals surface area contributed by atoms with Crippen molar-refractivity contribution >= 4 is 10.0 Å². The molecule has 0 spiro atoms. The van der Waals surface area contributed by atoms with Crippen LogP contribution in [0, 0.1) is 6.92 Å². The summed E-state index contributed by atoms with van der Waals surface area (Å²) in [5.74, 6) is 0. The fraction of sp³-hybridized carbons (Fsp3) is 0.538. The summed E-state index contributed by atoms with van der Waals surface area (Å²) in [6, 6.07) is 7.30. The first kappa shape index (κ1) is 12.6. The summed E-state index contributed by atoms with van der Waals surface area (Å²) in [6.07, 6.45) is 1.90. The maximum atomic E-state index is 12.5. The SMILES string of the molecule is Cc1ccc(S(=O)(=O)N2C(C)CCC2C)cc1. The Bertz CT molecular complexity index is 483. The summed E-state index contributed by atoms with van der Waals surface area (Å²) in [7, 11) is -3.32. The van der Waals surface area contributed by atoms with Gasteiger partial charge in [-0.3, -0.25) is 0 Å². The van der Waals surface area contributed by atoms with Crippen LogP contribution in [0.25, 0.3) is 0 Å². The van der Waals surface area contributed by atoms with Gasteiger partial charge in [-0.15, -0.1) is 0 Å². The Labute approximate surface area is 104 Å². The van der Waals surface area contributed by atoms with Crippen molar-refractivity contribution < 1.29 is 8.42 Å². The lowest BCUT2D eigenvalue weighted by Crippen LogP contribution is -2.38. The molecule has 17 heavy (non-hydrogen) atoms. The first-order valence-electron chi connectivity index (χ1n) is 6.03. The molecule has 1 saturated heterocycles. The smallest absolute Gasteiger partial charge is 0.207 e. The fourth-order valence-corrected chi connectivity index (χ4v) is 4.36. The summed E-state index contributed by atoms with van der Waals surface area (Å²) >= 11 is 0. The summed E-state index contributed by atoms with van der Waals surface area (Å²) in [5, 5.41) is 0. The lowest BCUT2D eigenvalue weighted by atomic mass is 10.2. The second-order valence-corrected chi connectivity index (χ2v) is 6.77. The van der Waals surface area contributed by atoms with E-state index in [9.17, 15) is 8.42 Å². The Morgan fingerprint density at radius 2 is 1.53 bits per heavy atom. The molecule has 94 valence electrons. The molecule has 1 aromatic carbocycles. The molecule has 0 aromatic heterocycles. The van der Waals surface area contributed by atoms with Gasteiger partial charge in [0, 0.05) is 12.1 Å². The zero-order valence-electron chi connectivity index (χ0n) is 10.6. The topological polar surface area (TPSA) is 37.4 Å². The summed E-state index contributed by atoms with van der Waals surface area (Å²) in [5.41, 5.74) is 1.08. The van der Waals surface area contributed by atoms with Gasteiger partial charge in [-0.25, -0.2) is 8.42 Å². The van der Waals surface area contributed by atoms with Crippen molar-refractivity contribution in [2.75, 3.05) is 0 Å². The van der Waals surface area contributed by atoms with Gasteiger partial charge in [-0.2, -0.15) is 4.31 Å². The van der Waals surface area contributed by atoms with Crippen LogP contribution in [0.2, 0.25) is 0 Å². The number of hydrogen-bond acceptors (Lipinski definition) is 2. The standard InChI is InChI=1S/C13H19NO2S/c1-10-4-8-13(9-5-10)17(15,16)14-11(2)6-7-12(14)3/h4-5,8-9,11-12H,6-7H2,1-3H3. The Morgan fingerprint density at radius 3 is 2.00 bits per heavy atom. The van der Waals surface area contributed by atoms with Crippen LogP contribution in [0.5, 0.6) is 0 Å². The number of aryl methyl sites for hydroxylation is 1. The van der Waals surface area contributed by atoms with Gasteiger partial charge in [0.2, 0.25) is 10.0 Å². The van der Waals surface area contributed by atoms with Crippen LogP contribution in [0.15, 0.2) is 29.2 Å². The minimum absolute atomic E-state index is 0.108. The van der Waals surface area contributed by atoms with E-state index < -0.39 is 10.0 Å². The van der Waals surface area contributed by atoms with E-state index >= 15 is 0 Å². The van der Waals surface area contributed by atoms with Crippen LogP contribution in [0.3, 0.4) is 0 Å². The predicted molar refractivity (Wildman–Crippen MR) is 68.4 cm³/mol. The van der Waals surface area contributed by atoms with E-state index in [2.05, 4.69) is 0 Å². The van der Waals surface area contributed by atoms with Crippen molar-refractivity contribution in [3.63, 3.8) is 0 Å². The highest BCUT2D eigenvalue weighted by Gasteiger charge is 2.37. The van der Waals surface area contributed by atoms with Gasteiger partial charge in [0.05, 0.1) is 4.90 Å². The Hall–Kier alpha value is -0.870. The van der Waals surface area contributed by atoms with Crippen LogP contribution in [0.4, 0.5) is 0 Å². The molecule has 2 unspecified atom stereocenters. The van der Waals surface area contributed by atoms with Crippen molar-refractivity contribution in [3.05, 3.63) is 29.8 Å². The normalized spacial score (nSPS) is 26.3. The average molecular weight is 253 g/mol. The first-order valence-corrected chi connectivity index (χ1v) is 7.47. The molecule has 3 nitrogen and oxygen atoms in total. The van der Waals surface area contributed by atoms with Crippen molar-refractivity contribution in [1.29, 1.82) is 0 Å². The van der Waals surface area contributed by atoms with Gasteiger partial charge < -0.3 is 0 Å². The van der Waals surface area contributed by atoms with Crippen LogP contribution in [-0.2, 0) is 10.0 Å². The van der Waals surface area contributed by atoms with Crippen molar-refractivity contribution in [2.24, 2.45) is 0 Å². The molecule has 1 aromatic rings. The Balaban J connectivity index is 2.39. The lowest BCUT2D eigenvalue weighted by Gasteiger charge is -2.25. The van der Waals surface area contributed by atoms with Crippen molar-refractivity contribution in [2.45, 2.75) is 50.6 Å². The molecule has 0 amide bonds. The molecule has 4 heteroatoms. The maximum Gasteiger partial charge on any atom is 0.243 e. The zero-order valence-corrected chi connectivity index (χ0v) is 11.4. The lowest BCUT2D eigenvalue weighted by molar-refractivity contribution is 0.350. The molecule has 0 bridgehead atoms. The molecule has 1 heterocycles. The number of benzene rings is 1. The molecule has 2 atom stereocenters. The third-order valence-electron chi connectivity index (χ3n) is 3.47. The van der Waals surface area contributed by atoms with E-state index in [0.717, 1.165) is 18.4 Å². The average Bonchev–Trinajstić information content (AvgIpc) is 2.59. The fourth-order valence-electron chi connectivity index (χ4n) is 2.48. The zero-order chi connectivity index (χ0) is 12.6. The third-order valence-corrected chi connectivity index (χ3v) is 5.61. The largest absolute Gasteiger partial charge is 0.243 e. The number of hydrogen-bond donors (Lipinski definition) is 0. The Morgan fingerprint density at radius 1 is 1.06 bits per heavy atom. The minimum atomic E-state index is -3.32. The van der Waals surface area contributed by atoms with E-state index in [-0.39, 0.29) is 12.1 Å². The second-order valence-electron chi connectivity index (χ2n) is 4.92. The van der Waals surface area contributed by atoms with Gasteiger partial charge in [0.15, 0.2) is 0 Å². The minimum Gasteiger partial charge on any atom is -0.207 e. The van der Waals surface area contributed by atoms with E-state index in [0.29, 0.717) is 4.90 Å². The van der Waals surface area contributed by atoms with Crippen LogP contribution in [0.1, 0.15) is 32.3 Å². The van der Waals surface area contributed by atoms with E-state index in [1.54, 1.807) is 16.4 Å². The molecular formula is C13H19NO2S. The summed E-state index contributed by atoms with van der Waals surface area (Å²) in [6.45, 7) is 5.92. The second kappa shape index (κ2) is 4.42. The molecule has 0 radical (unpaired) electrons. The molecular weight excluding hydrogens is 234 g/mol. The van der Waals surface area contributed by atoms with E-state index in [1.807, 2.05) is 32.9 Å². The molecule has 1 fully saturated rings. The Kier molecular flexibility index (Phi) is 3.27. The summed E-state index contributed by atoms with van der Waals surface area (Å²) in [4.78, 5) is 0.406. The third kappa shape index (κ3) is 2.24. The molecule has 0 N–H and O–H groups in total. The first-order chi connectivity index (χ1) is 7.93. The van der Waals surface area contributed by atoms with E-state index in [1.165, 1.54) is 0 Å². The van der Waals surface area contributed by atoms with Gasteiger partial charge in [-0.05, 0) is 45.7 Å². The molecule has 1 aliphatic rings. The van der Waals surface area contributed by atoms with Crippen molar-refractivity contribution in [1.82, 2.24) is 4.31 Å². The highest BCUT2D eigenvalue weighted by molar-refractivity contribution is 7.89. The van der Waals surface area contributed by atoms with Gasteiger partial charge in [-0.1, -0.05) is 17.7 Å². The van der Waals surface area contributed by atoms with E-state index in [4.69, 9.17) is 0 Å². The van der Waals surface area contributed by atoms with Gasteiger partial charge >= 0.3 is 0 Å². The van der Waals surface area contributed by atoms with Gasteiger partial charge in [0.25, 0.3) is 0 Å². The van der Waals surface area contributed by atoms with Crippen LogP contribution in [-0.4, -0.2) is 24.8 Å². The number of nitrogens with zero attached hydrogens (tertiary/aromatic N) is 1. The molecule has 1 aliphatic heterocycles. The van der Waals surface area contributed by atoms with Crippen LogP contribution >= 0.6 is 0 Å². The van der Waals surface area contributed by atoms with Crippen molar-refractivity contribution in [3.8, 4) is 0 Å². The van der Waals surface area contributed by atoms with Crippen LogP contribution < -0.4 is 0 Å². The number of rotatable bonds is 2. The monoisotopic (exact) mass is 253 g/mol. The maximum absolute atomic E-state index is 12.5. The summed E-state index contributed by atoms with van der Waals surface area (Å²) < 4.78 is 26.6. The van der Waals surface area contributed by atoms with Gasteiger partial charge in [0.1, 0.15) is 0 Å². The molecule has 0 aliphatic carbocycles. The predicted octanol–water partition coefficient (Wildman–Crippen LogP) is 2.56. The number of sulfonamides is 1. The quantitative estimate of drug-likeness (QED) is 0.812. The molecule has 0 saturated carbocycles. The molecule has 2 rings (SSSR count). The highest BCUT2D eigenvalue weighted by atomic mass is 32.2. The highest BCUT2D eigenvalue weighted by Crippen LogP contribution is 2.30.